The summed E-state index contributed by atoms with van der Waals surface area (Å²) in [5, 5.41) is 0. The van der Waals surface area contributed by atoms with Crippen molar-refractivity contribution in [1.29, 1.82) is 0 Å². The van der Waals surface area contributed by atoms with E-state index >= 15 is 0 Å². The van der Waals surface area contributed by atoms with Gasteiger partial charge in [-0.1, -0.05) is 34.8 Å². The molecule has 2 rings (SSSR count). The van der Waals surface area contributed by atoms with E-state index in [-0.39, 0.29) is 17.4 Å². The lowest BCUT2D eigenvalue weighted by Gasteiger charge is -2.41. The molecule has 1 saturated carbocycles. The van der Waals surface area contributed by atoms with Gasteiger partial charge in [0.25, 0.3) is 0 Å². The fraction of sp³-hybridized carbons (Fsp3) is 0.600. The fourth-order valence-corrected chi connectivity index (χ4v) is 3.76. The molecule has 4 heteroatoms. The van der Waals surface area contributed by atoms with Crippen LogP contribution in [-0.2, 0) is 6.42 Å². The first-order valence-corrected chi connectivity index (χ1v) is 7.62. The van der Waals surface area contributed by atoms with E-state index in [4.69, 9.17) is 5.73 Å². The summed E-state index contributed by atoms with van der Waals surface area (Å²) < 4.78 is 13.9. The Balaban J connectivity index is 2.17. The van der Waals surface area contributed by atoms with E-state index in [1.165, 1.54) is 25.0 Å². The molecule has 19 heavy (non-hydrogen) atoms. The standard InChI is InChI=1S/C15H22BrFN2/c1-19(2)15(7-3-4-8-15)14(18)9-11-5-6-12(17)10-13(11)16/h5-6,10,14H,3-4,7-9,18H2,1-2H3. The Morgan fingerprint density at radius 1 is 1.37 bits per heavy atom. The molecule has 0 spiro atoms. The van der Waals surface area contributed by atoms with E-state index < -0.39 is 0 Å². The fourth-order valence-electron chi connectivity index (χ4n) is 3.25. The van der Waals surface area contributed by atoms with E-state index in [0.29, 0.717) is 0 Å². The molecular weight excluding hydrogens is 307 g/mol. The van der Waals surface area contributed by atoms with Crippen LogP contribution in [0.5, 0.6) is 0 Å². The van der Waals surface area contributed by atoms with Gasteiger partial charge in [-0.2, -0.15) is 0 Å². The van der Waals surface area contributed by atoms with Crippen molar-refractivity contribution in [3.05, 3.63) is 34.1 Å². The number of halogens is 2. The van der Waals surface area contributed by atoms with Crippen LogP contribution in [-0.4, -0.2) is 30.6 Å². The second kappa shape index (κ2) is 5.90. The normalized spacial score (nSPS) is 19.9. The Morgan fingerprint density at radius 3 is 2.53 bits per heavy atom. The third-order valence-electron chi connectivity index (χ3n) is 4.51. The molecule has 0 aromatic heterocycles. The van der Waals surface area contributed by atoms with Gasteiger partial charge in [0.15, 0.2) is 0 Å². The zero-order valence-corrected chi connectivity index (χ0v) is 13.2. The first-order valence-electron chi connectivity index (χ1n) is 6.82. The highest BCUT2D eigenvalue weighted by molar-refractivity contribution is 9.10. The van der Waals surface area contributed by atoms with Gasteiger partial charge in [0.1, 0.15) is 5.82 Å². The van der Waals surface area contributed by atoms with Gasteiger partial charge in [-0.3, -0.25) is 0 Å². The van der Waals surface area contributed by atoms with Gasteiger partial charge in [0.05, 0.1) is 0 Å². The van der Waals surface area contributed by atoms with E-state index in [1.54, 1.807) is 0 Å². The molecule has 2 N–H and O–H groups in total. The average Bonchev–Trinajstić information content (AvgIpc) is 2.83. The highest BCUT2D eigenvalue weighted by Crippen LogP contribution is 2.37. The molecule has 0 radical (unpaired) electrons. The van der Waals surface area contributed by atoms with E-state index in [9.17, 15) is 4.39 Å². The monoisotopic (exact) mass is 328 g/mol. The second-order valence-electron chi connectivity index (χ2n) is 5.75. The van der Waals surface area contributed by atoms with Crippen LogP contribution in [0.25, 0.3) is 0 Å². The molecule has 0 saturated heterocycles. The van der Waals surface area contributed by atoms with Crippen LogP contribution in [0.1, 0.15) is 31.2 Å². The van der Waals surface area contributed by atoms with Crippen molar-refractivity contribution >= 4 is 15.9 Å². The van der Waals surface area contributed by atoms with Gasteiger partial charge < -0.3 is 10.6 Å². The molecule has 1 aromatic carbocycles. The smallest absolute Gasteiger partial charge is 0.124 e. The minimum absolute atomic E-state index is 0.0757. The highest BCUT2D eigenvalue weighted by Gasteiger charge is 2.41. The van der Waals surface area contributed by atoms with Gasteiger partial charge >= 0.3 is 0 Å². The zero-order chi connectivity index (χ0) is 14.0. The Bertz CT molecular complexity index is 442. The van der Waals surface area contributed by atoms with Crippen molar-refractivity contribution < 1.29 is 4.39 Å². The van der Waals surface area contributed by atoms with Crippen LogP contribution in [0.3, 0.4) is 0 Å². The first kappa shape index (κ1) is 14.9. The minimum Gasteiger partial charge on any atom is -0.326 e. The molecule has 0 heterocycles. The quantitative estimate of drug-likeness (QED) is 0.918. The minimum atomic E-state index is -0.215. The van der Waals surface area contributed by atoms with Crippen molar-refractivity contribution in [1.82, 2.24) is 4.90 Å². The molecule has 0 amide bonds. The zero-order valence-electron chi connectivity index (χ0n) is 11.6. The van der Waals surface area contributed by atoms with Crippen molar-refractivity contribution in [2.24, 2.45) is 5.73 Å². The van der Waals surface area contributed by atoms with E-state index in [0.717, 1.165) is 29.3 Å². The summed E-state index contributed by atoms with van der Waals surface area (Å²) in [5.41, 5.74) is 7.67. The van der Waals surface area contributed by atoms with Crippen LogP contribution in [0.15, 0.2) is 22.7 Å². The van der Waals surface area contributed by atoms with Crippen LogP contribution in [0, 0.1) is 5.82 Å². The Hall–Kier alpha value is -0.450. The Morgan fingerprint density at radius 2 is 2.00 bits per heavy atom. The molecule has 1 aliphatic carbocycles. The summed E-state index contributed by atoms with van der Waals surface area (Å²) in [6.45, 7) is 0. The largest absolute Gasteiger partial charge is 0.326 e. The highest BCUT2D eigenvalue weighted by atomic mass is 79.9. The molecule has 2 nitrogen and oxygen atoms in total. The van der Waals surface area contributed by atoms with Crippen molar-refractivity contribution in [2.45, 2.75) is 43.7 Å². The third kappa shape index (κ3) is 3.01. The molecule has 1 aliphatic rings. The predicted octanol–water partition coefficient (Wildman–Crippen LogP) is 3.33. The Labute approximate surface area is 123 Å². The first-order chi connectivity index (χ1) is 8.95. The van der Waals surface area contributed by atoms with Crippen LogP contribution < -0.4 is 5.73 Å². The summed E-state index contributed by atoms with van der Waals surface area (Å²) >= 11 is 3.43. The van der Waals surface area contributed by atoms with Gasteiger partial charge in [0.2, 0.25) is 0 Å². The molecule has 1 unspecified atom stereocenters. The van der Waals surface area contributed by atoms with Crippen molar-refractivity contribution in [3.63, 3.8) is 0 Å². The summed E-state index contributed by atoms with van der Waals surface area (Å²) in [7, 11) is 4.23. The summed E-state index contributed by atoms with van der Waals surface area (Å²) in [4.78, 5) is 2.28. The van der Waals surface area contributed by atoms with Crippen LogP contribution >= 0.6 is 15.9 Å². The summed E-state index contributed by atoms with van der Waals surface area (Å²) in [6, 6.07) is 4.92. The molecule has 0 bridgehead atoms. The maximum atomic E-state index is 13.1. The lowest BCUT2D eigenvalue weighted by molar-refractivity contribution is 0.123. The van der Waals surface area contributed by atoms with Gasteiger partial charge in [0, 0.05) is 16.1 Å². The number of hydrogen-bond donors (Lipinski definition) is 1. The number of nitrogens with two attached hydrogens (primary N) is 1. The third-order valence-corrected chi connectivity index (χ3v) is 5.24. The van der Waals surface area contributed by atoms with Gasteiger partial charge in [-0.25, -0.2) is 4.39 Å². The predicted molar refractivity (Wildman–Crippen MR) is 80.7 cm³/mol. The van der Waals surface area contributed by atoms with Crippen molar-refractivity contribution in [2.75, 3.05) is 14.1 Å². The Kier molecular flexibility index (Phi) is 4.64. The van der Waals surface area contributed by atoms with Gasteiger partial charge in [-0.15, -0.1) is 0 Å². The molecular formula is C15H22BrFN2. The lowest BCUT2D eigenvalue weighted by Crippen LogP contribution is -2.56. The number of benzene rings is 1. The summed E-state index contributed by atoms with van der Waals surface area (Å²) in [6.07, 6.45) is 5.58. The molecule has 1 atom stereocenters. The van der Waals surface area contributed by atoms with E-state index in [1.807, 2.05) is 6.07 Å². The molecule has 1 aromatic rings. The van der Waals surface area contributed by atoms with Crippen molar-refractivity contribution in [3.8, 4) is 0 Å². The number of nitrogens with zero attached hydrogens (tertiary/aromatic N) is 1. The maximum Gasteiger partial charge on any atom is 0.124 e. The number of hydrogen-bond acceptors (Lipinski definition) is 2. The maximum absolute atomic E-state index is 13.1. The number of likely N-dealkylation sites (N-methyl/N-ethyl adjacent to an activating group) is 1. The molecule has 1 fully saturated rings. The lowest BCUT2D eigenvalue weighted by atomic mass is 9.84. The van der Waals surface area contributed by atoms with Crippen LogP contribution in [0.2, 0.25) is 0 Å². The second-order valence-corrected chi connectivity index (χ2v) is 6.61. The molecule has 106 valence electrons. The summed E-state index contributed by atoms with van der Waals surface area (Å²) in [5.74, 6) is -0.215. The SMILES string of the molecule is CN(C)C1(C(N)Cc2ccc(F)cc2Br)CCCC1. The average molecular weight is 329 g/mol. The molecule has 0 aliphatic heterocycles. The van der Waals surface area contributed by atoms with Gasteiger partial charge in [-0.05, 0) is 51.1 Å². The number of rotatable bonds is 4. The topological polar surface area (TPSA) is 29.3 Å². The van der Waals surface area contributed by atoms with E-state index in [2.05, 4.69) is 34.9 Å². The van der Waals surface area contributed by atoms with Crippen LogP contribution in [0.4, 0.5) is 4.39 Å².